The average molecular weight is 349 g/mol. The summed E-state index contributed by atoms with van der Waals surface area (Å²) in [5.41, 5.74) is 6.71. The second-order valence-electron chi connectivity index (χ2n) is 6.01. The number of ether oxygens (including phenoxy) is 1. The molecule has 0 aliphatic heterocycles. The average Bonchev–Trinajstić information content (AvgIpc) is 2.58. The van der Waals surface area contributed by atoms with Crippen LogP contribution >= 0.6 is 11.6 Å². The first-order chi connectivity index (χ1) is 11.6. The number of hydrogen-bond acceptors (Lipinski definition) is 6. The molecule has 128 valence electrons. The molecule has 0 spiro atoms. The van der Waals surface area contributed by atoms with Gasteiger partial charge in [0.25, 0.3) is 0 Å². The molecule has 1 aliphatic rings. The van der Waals surface area contributed by atoms with Crippen LogP contribution in [0.15, 0.2) is 30.5 Å². The standard InChI is InChI=1S/C17H21ClN4O2/c18-12-3-1-11(2-4-12)10-24-15-9-20-17(19)22-16(15)21-13-5-7-14(23)8-6-13/h1-4,9,13-14,23H,5-8,10H2,(H3,19,20,21,22)/t13-,14-. The molecule has 4 N–H and O–H groups in total. The van der Waals surface area contributed by atoms with Gasteiger partial charge in [-0.15, -0.1) is 0 Å². The van der Waals surface area contributed by atoms with Crippen LogP contribution in [0, 0.1) is 0 Å². The Kier molecular flexibility index (Phi) is 5.37. The summed E-state index contributed by atoms with van der Waals surface area (Å²) in [5.74, 6) is 1.36. The minimum absolute atomic E-state index is 0.195. The maximum absolute atomic E-state index is 9.61. The van der Waals surface area contributed by atoms with Gasteiger partial charge in [0, 0.05) is 11.1 Å². The van der Waals surface area contributed by atoms with E-state index < -0.39 is 0 Å². The van der Waals surface area contributed by atoms with Crippen LogP contribution in [0.2, 0.25) is 5.02 Å². The van der Waals surface area contributed by atoms with Crippen LogP contribution in [0.3, 0.4) is 0 Å². The molecule has 1 fully saturated rings. The predicted molar refractivity (Wildman–Crippen MR) is 94.1 cm³/mol. The number of halogens is 1. The number of rotatable bonds is 5. The maximum atomic E-state index is 9.61. The minimum Gasteiger partial charge on any atom is -0.483 e. The van der Waals surface area contributed by atoms with E-state index in [9.17, 15) is 5.11 Å². The van der Waals surface area contributed by atoms with E-state index in [2.05, 4.69) is 15.3 Å². The number of aromatic nitrogens is 2. The SMILES string of the molecule is Nc1ncc(OCc2ccc(Cl)cc2)c(N[C@H]2CC[C@H](O)CC2)n1. The predicted octanol–water partition coefficient (Wildman–Crippen LogP) is 3.01. The molecule has 6 nitrogen and oxygen atoms in total. The summed E-state index contributed by atoms with van der Waals surface area (Å²) in [4.78, 5) is 8.27. The van der Waals surface area contributed by atoms with Crippen LogP contribution < -0.4 is 15.8 Å². The number of benzene rings is 1. The third-order valence-corrected chi connectivity index (χ3v) is 4.37. The van der Waals surface area contributed by atoms with Gasteiger partial charge in [0.1, 0.15) is 6.61 Å². The monoisotopic (exact) mass is 348 g/mol. The first kappa shape index (κ1) is 16.8. The first-order valence-corrected chi connectivity index (χ1v) is 8.42. The van der Waals surface area contributed by atoms with Gasteiger partial charge in [-0.3, -0.25) is 0 Å². The maximum Gasteiger partial charge on any atom is 0.222 e. The summed E-state index contributed by atoms with van der Waals surface area (Å²) in [6, 6.07) is 7.73. The lowest BCUT2D eigenvalue weighted by Gasteiger charge is -2.27. The van der Waals surface area contributed by atoms with Crippen LogP contribution in [0.5, 0.6) is 5.75 Å². The number of aliphatic hydroxyl groups excluding tert-OH is 1. The molecular weight excluding hydrogens is 328 g/mol. The molecule has 24 heavy (non-hydrogen) atoms. The second kappa shape index (κ2) is 7.68. The van der Waals surface area contributed by atoms with Crippen molar-refractivity contribution in [1.29, 1.82) is 0 Å². The third-order valence-electron chi connectivity index (χ3n) is 4.12. The molecule has 7 heteroatoms. The summed E-state index contributed by atoms with van der Waals surface area (Å²) >= 11 is 5.89. The molecule has 0 atom stereocenters. The van der Waals surface area contributed by atoms with Crippen molar-refractivity contribution >= 4 is 23.4 Å². The van der Waals surface area contributed by atoms with Crippen LogP contribution in [-0.4, -0.2) is 27.2 Å². The molecule has 1 aromatic heterocycles. The highest BCUT2D eigenvalue weighted by molar-refractivity contribution is 6.30. The van der Waals surface area contributed by atoms with Crippen molar-refractivity contribution in [1.82, 2.24) is 9.97 Å². The van der Waals surface area contributed by atoms with E-state index in [-0.39, 0.29) is 18.1 Å². The number of nitrogen functional groups attached to an aromatic ring is 1. The van der Waals surface area contributed by atoms with Gasteiger partial charge in [-0.05, 0) is 43.4 Å². The molecule has 3 rings (SSSR count). The summed E-state index contributed by atoms with van der Waals surface area (Å²) in [7, 11) is 0. The van der Waals surface area contributed by atoms with Crippen molar-refractivity contribution in [3.05, 3.63) is 41.0 Å². The van der Waals surface area contributed by atoms with E-state index in [1.807, 2.05) is 24.3 Å². The zero-order valence-electron chi connectivity index (χ0n) is 13.3. The highest BCUT2D eigenvalue weighted by Gasteiger charge is 2.21. The Morgan fingerprint density at radius 2 is 1.92 bits per heavy atom. The number of nitrogens with zero attached hydrogens (tertiary/aromatic N) is 2. The summed E-state index contributed by atoms with van der Waals surface area (Å²) < 4.78 is 5.85. The number of aliphatic hydroxyl groups is 1. The highest BCUT2D eigenvalue weighted by Crippen LogP contribution is 2.27. The molecule has 0 saturated heterocycles. The van der Waals surface area contributed by atoms with Crippen LogP contribution in [0.1, 0.15) is 31.2 Å². The van der Waals surface area contributed by atoms with Crippen molar-refractivity contribution in [2.75, 3.05) is 11.1 Å². The minimum atomic E-state index is -0.195. The summed E-state index contributed by atoms with van der Waals surface area (Å²) in [6.07, 6.45) is 4.75. The van der Waals surface area contributed by atoms with Gasteiger partial charge in [0.05, 0.1) is 12.3 Å². The second-order valence-corrected chi connectivity index (χ2v) is 6.44. The van der Waals surface area contributed by atoms with Gasteiger partial charge in [-0.25, -0.2) is 4.98 Å². The zero-order valence-corrected chi connectivity index (χ0v) is 14.0. The zero-order chi connectivity index (χ0) is 16.9. The van der Waals surface area contributed by atoms with E-state index in [1.165, 1.54) is 0 Å². The Bertz CT molecular complexity index is 673. The Morgan fingerprint density at radius 1 is 1.21 bits per heavy atom. The number of hydrogen-bond donors (Lipinski definition) is 3. The van der Waals surface area contributed by atoms with E-state index in [0.29, 0.717) is 23.2 Å². The van der Waals surface area contributed by atoms with Gasteiger partial charge < -0.3 is 20.9 Å². The summed E-state index contributed by atoms with van der Waals surface area (Å²) in [5, 5.41) is 13.7. The quantitative estimate of drug-likeness (QED) is 0.769. The molecule has 1 saturated carbocycles. The fourth-order valence-electron chi connectivity index (χ4n) is 2.75. The molecule has 0 radical (unpaired) electrons. The number of nitrogens with two attached hydrogens (primary N) is 1. The van der Waals surface area contributed by atoms with E-state index in [1.54, 1.807) is 6.20 Å². The van der Waals surface area contributed by atoms with Crippen LogP contribution in [0.4, 0.5) is 11.8 Å². The molecule has 2 aromatic rings. The van der Waals surface area contributed by atoms with Crippen molar-refractivity contribution < 1.29 is 9.84 Å². The molecule has 1 heterocycles. The number of anilines is 2. The Balaban J connectivity index is 1.67. The summed E-state index contributed by atoms with van der Waals surface area (Å²) in [6.45, 7) is 0.391. The Labute approximate surface area is 146 Å². The van der Waals surface area contributed by atoms with E-state index in [4.69, 9.17) is 22.1 Å². The fourth-order valence-corrected chi connectivity index (χ4v) is 2.87. The van der Waals surface area contributed by atoms with E-state index in [0.717, 1.165) is 31.2 Å². The lowest BCUT2D eigenvalue weighted by atomic mass is 9.93. The largest absolute Gasteiger partial charge is 0.483 e. The van der Waals surface area contributed by atoms with E-state index >= 15 is 0 Å². The third kappa shape index (κ3) is 4.49. The van der Waals surface area contributed by atoms with Gasteiger partial charge >= 0.3 is 0 Å². The van der Waals surface area contributed by atoms with Crippen molar-refractivity contribution in [2.45, 2.75) is 44.4 Å². The normalized spacial score (nSPS) is 20.6. The van der Waals surface area contributed by atoms with Crippen LogP contribution in [-0.2, 0) is 6.61 Å². The van der Waals surface area contributed by atoms with Crippen LogP contribution in [0.25, 0.3) is 0 Å². The van der Waals surface area contributed by atoms with Gasteiger partial charge in [0.2, 0.25) is 5.95 Å². The lowest BCUT2D eigenvalue weighted by Crippen LogP contribution is -2.28. The lowest BCUT2D eigenvalue weighted by molar-refractivity contribution is 0.126. The van der Waals surface area contributed by atoms with Crippen molar-refractivity contribution in [3.63, 3.8) is 0 Å². The Morgan fingerprint density at radius 3 is 2.62 bits per heavy atom. The van der Waals surface area contributed by atoms with Crippen molar-refractivity contribution in [3.8, 4) is 5.75 Å². The van der Waals surface area contributed by atoms with Gasteiger partial charge in [-0.2, -0.15) is 4.98 Å². The molecule has 1 aromatic carbocycles. The molecule has 1 aliphatic carbocycles. The van der Waals surface area contributed by atoms with Crippen molar-refractivity contribution in [2.24, 2.45) is 0 Å². The highest BCUT2D eigenvalue weighted by atomic mass is 35.5. The Hall–Kier alpha value is -2.05. The molecule has 0 bridgehead atoms. The smallest absolute Gasteiger partial charge is 0.222 e. The molecule has 0 unspecified atom stereocenters. The topological polar surface area (TPSA) is 93.3 Å². The number of nitrogens with one attached hydrogen (secondary N) is 1. The fraction of sp³-hybridized carbons (Fsp3) is 0.412. The van der Waals surface area contributed by atoms with Gasteiger partial charge in [0.15, 0.2) is 11.6 Å². The van der Waals surface area contributed by atoms with Gasteiger partial charge in [-0.1, -0.05) is 23.7 Å². The molecular formula is C17H21ClN4O2. The first-order valence-electron chi connectivity index (χ1n) is 8.04. The molecule has 0 amide bonds.